The monoisotopic (exact) mass is 327 g/mol. The molecule has 3 nitrogen and oxygen atoms in total. The largest absolute Gasteiger partial charge is 0.462 e. The molecule has 0 saturated carbocycles. The van der Waals surface area contributed by atoms with Crippen molar-refractivity contribution in [3.63, 3.8) is 0 Å². The van der Waals surface area contributed by atoms with E-state index in [1.807, 2.05) is 0 Å². The number of esters is 1. The smallest absolute Gasteiger partial charge is 0.339 e. The van der Waals surface area contributed by atoms with E-state index in [4.69, 9.17) is 16.3 Å². The van der Waals surface area contributed by atoms with E-state index < -0.39 is 18.1 Å². The highest BCUT2D eigenvalue weighted by Gasteiger charge is 2.22. The SMILES string of the molecule is CCOC(=O)c1cc(CCl)nc(C(F)F)c1Br. The molecule has 0 atom stereocenters. The maximum atomic E-state index is 12.7. The zero-order chi connectivity index (χ0) is 13.0. The molecule has 0 aliphatic heterocycles. The van der Waals surface area contributed by atoms with Gasteiger partial charge < -0.3 is 4.74 Å². The molecule has 0 aliphatic rings. The number of nitrogens with zero attached hydrogens (tertiary/aromatic N) is 1. The Morgan fingerprint density at radius 2 is 2.29 bits per heavy atom. The van der Waals surface area contributed by atoms with E-state index in [9.17, 15) is 13.6 Å². The van der Waals surface area contributed by atoms with Gasteiger partial charge in [0.05, 0.1) is 28.2 Å². The molecule has 0 spiro atoms. The summed E-state index contributed by atoms with van der Waals surface area (Å²) in [6.07, 6.45) is -2.79. The van der Waals surface area contributed by atoms with Crippen LogP contribution < -0.4 is 0 Å². The van der Waals surface area contributed by atoms with Crippen LogP contribution in [-0.4, -0.2) is 17.6 Å². The van der Waals surface area contributed by atoms with Crippen molar-refractivity contribution >= 4 is 33.5 Å². The minimum atomic E-state index is -2.79. The number of carbonyl (C=O) groups excluding carboxylic acids is 1. The molecule has 94 valence electrons. The molecule has 0 bridgehead atoms. The zero-order valence-corrected chi connectivity index (χ0v) is 11.2. The van der Waals surface area contributed by atoms with Gasteiger partial charge in [0.2, 0.25) is 0 Å². The molecule has 1 aromatic rings. The molecular weight excluding hydrogens is 319 g/mol. The first-order valence-corrected chi connectivity index (χ1v) is 6.04. The number of rotatable bonds is 4. The van der Waals surface area contributed by atoms with E-state index in [0.29, 0.717) is 0 Å². The number of ether oxygens (including phenoxy) is 1. The van der Waals surface area contributed by atoms with Gasteiger partial charge in [0, 0.05) is 0 Å². The molecule has 0 aromatic carbocycles. The molecule has 0 aliphatic carbocycles. The molecule has 1 aromatic heterocycles. The third-order valence-corrected chi connectivity index (χ3v) is 2.98. The maximum Gasteiger partial charge on any atom is 0.339 e. The topological polar surface area (TPSA) is 39.2 Å². The molecule has 0 fully saturated rings. The van der Waals surface area contributed by atoms with Crippen LogP contribution in [0.15, 0.2) is 10.5 Å². The number of pyridine rings is 1. The Hall–Kier alpha value is -0.750. The van der Waals surface area contributed by atoms with Crippen LogP contribution in [0.25, 0.3) is 0 Å². The van der Waals surface area contributed by atoms with E-state index in [0.717, 1.165) is 0 Å². The van der Waals surface area contributed by atoms with Crippen LogP contribution in [0.5, 0.6) is 0 Å². The van der Waals surface area contributed by atoms with Crippen molar-refractivity contribution < 1.29 is 18.3 Å². The lowest BCUT2D eigenvalue weighted by Gasteiger charge is -2.10. The van der Waals surface area contributed by atoms with Crippen LogP contribution in [0.4, 0.5) is 8.78 Å². The van der Waals surface area contributed by atoms with Gasteiger partial charge in [-0.15, -0.1) is 11.6 Å². The first-order chi connectivity index (χ1) is 8.01. The van der Waals surface area contributed by atoms with Gasteiger partial charge in [-0.05, 0) is 28.9 Å². The Morgan fingerprint density at radius 3 is 2.76 bits per heavy atom. The van der Waals surface area contributed by atoms with E-state index in [-0.39, 0.29) is 28.2 Å². The molecule has 0 saturated heterocycles. The van der Waals surface area contributed by atoms with Gasteiger partial charge in [0.1, 0.15) is 5.69 Å². The minimum Gasteiger partial charge on any atom is -0.462 e. The average molecular weight is 329 g/mol. The fourth-order valence-electron chi connectivity index (χ4n) is 1.17. The molecule has 0 radical (unpaired) electrons. The first kappa shape index (κ1) is 14.3. The van der Waals surface area contributed by atoms with E-state index in [1.165, 1.54) is 6.07 Å². The summed E-state index contributed by atoms with van der Waals surface area (Å²) in [6.45, 7) is 1.79. The third kappa shape index (κ3) is 3.35. The Kier molecular flexibility index (Phi) is 5.27. The van der Waals surface area contributed by atoms with Crippen LogP contribution in [0.3, 0.4) is 0 Å². The zero-order valence-electron chi connectivity index (χ0n) is 8.84. The average Bonchev–Trinajstić information content (AvgIpc) is 2.29. The lowest BCUT2D eigenvalue weighted by atomic mass is 10.2. The highest BCUT2D eigenvalue weighted by Crippen LogP contribution is 2.30. The molecule has 0 unspecified atom stereocenters. The molecule has 1 heterocycles. The van der Waals surface area contributed by atoms with Crippen molar-refractivity contribution in [2.45, 2.75) is 19.2 Å². The van der Waals surface area contributed by atoms with Crippen molar-refractivity contribution in [3.8, 4) is 0 Å². The number of aromatic nitrogens is 1. The number of halogens is 4. The van der Waals surface area contributed by atoms with Crippen LogP contribution in [0.2, 0.25) is 0 Å². The number of hydrogen-bond donors (Lipinski definition) is 0. The summed E-state index contributed by atoms with van der Waals surface area (Å²) in [5, 5.41) is 0. The van der Waals surface area contributed by atoms with Crippen LogP contribution >= 0.6 is 27.5 Å². The highest BCUT2D eigenvalue weighted by molar-refractivity contribution is 9.10. The molecule has 7 heteroatoms. The summed E-state index contributed by atoms with van der Waals surface area (Å²) in [6, 6.07) is 1.33. The summed E-state index contributed by atoms with van der Waals surface area (Å²) in [5.74, 6) is -0.741. The lowest BCUT2D eigenvalue weighted by molar-refractivity contribution is 0.0524. The van der Waals surface area contributed by atoms with Crippen molar-refractivity contribution in [3.05, 3.63) is 27.5 Å². The first-order valence-electron chi connectivity index (χ1n) is 4.71. The Morgan fingerprint density at radius 1 is 1.65 bits per heavy atom. The Labute approximate surface area is 110 Å². The van der Waals surface area contributed by atoms with Gasteiger partial charge in [-0.2, -0.15) is 0 Å². The summed E-state index contributed by atoms with van der Waals surface area (Å²) in [7, 11) is 0. The lowest BCUT2D eigenvalue weighted by Crippen LogP contribution is -2.09. The third-order valence-electron chi connectivity index (χ3n) is 1.88. The summed E-state index contributed by atoms with van der Waals surface area (Å²) in [4.78, 5) is 15.2. The quantitative estimate of drug-likeness (QED) is 0.625. The van der Waals surface area contributed by atoms with E-state index in [2.05, 4.69) is 20.9 Å². The number of carbonyl (C=O) groups is 1. The van der Waals surface area contributed by atoms with Crippen molar-refractivity contribution in [1.82, 2.24) is 4.98 Å². The van der Waals surface area contributed by atoms with E-state index >= 15 is 0 Å². The normalized spacial score (nSPS) is 10.7. The molecular formula is C10H9BrClF2NO2. The second-order valence-electron chi connectivity index (χ2n) is 3.02. The van der Waals surface area contributed by atoms with Crippen molar-refractivity contribution in [2.24, 2.45) is 0 Å². The second kappa shape index (κ2) is 6.26. The second-order valence-corrected chi connectivity index (χ2v) is 4.08. The van der Waals surface area contributed by atoms with Crippen molar-refractivity contribution in [1.29, 1.82) is 0 Å². The molecule has 17 heavy (non-hydrogen) atoms. The van der Waals surface area contributed by atoms with Crippen LogP contribution in [-0.2, 0) is 10.6 Å². The predicted molar refractivity (Wildman–Crippen MR) is 62.4 cm³/mol. The van der Waals surface area contributed by atoms with Gasteiger partial charge in [-0.1, -0.05) is 0 Å². The molecule has 0 N–H and O–H groups in total. The number of hydrogen-bond acceptors (Lipinski definition) is 3. The summed E-state index contributed by atoms with van der Waals surface area (Å²) < 4.78 is 30.1. The highest BCUT2D eigenvalue weighted by atomic mass is 79.9. The maximum absolute atomic E-state index is 12.7. The van der Waals surface area contributed by atoms with Crippen molar-refractivity contribution in [2.75, 3.05) is 6.61 Å². The van der Waals surface area contributed by atoms with Gasteiger partial charge in [-0.3, -0.25) is 0 Å². The van der Waals surface area contributed by atoms with Gasteiger partial charge in [-0.25, -0.2) is 18.6 Å². The molecule has 1 rings (SSSR count). The van der Waals surface area contributed by atoms with Crippen LogP contribution in [0, 0.1) is 0 Å². The predicted octanol–water partition coefficient (Wildman–Crippen LogP) is 3.70. The summed E-state index contributed by atoms with van der Waals surface area (Å²) >= 11 is 8.46. The van der Waals surface area contributed by atoms with Gasteiger partial charge in [0.25, 0.3) is 6.43 Å². The standard InChI is InChI=1S/C10H9BrClF2NO2/c1-2-17-10(16)6-3-5(4-12)15-8(7(6)11)9(13)14/h3,9H,2,4H2,1H3. The fourth-order valence-corrected chi connectivity index (χ4v) is 1.85. The Bertz CT molecular complexity index is 429. The van der Waals surface area contributed by atoms with Crippen LogP contribution in [0.1, 0.15) is 35.1 Å². The minimum absolute atomic E-state index is 0.00722. The van der Waals surface area contributed by atoms with Gasteiger partial charge in [0.15, 0.2) is 0 Å². The Balaban J connectivity index is 3.28. The van der Waals surface area contributed by atoms with E-state index in [1.54, 1.807) is 6.92 Å². The summed E-state index contributed by atoms with van der Waals surface area (Å²) in [5.41, 5.74) is -0.299. The van der Waals surface area contributed by atoms with Gasteiger partial charge >= 0.3 is 5.97 Å². The molecule has 0 amide bonds. The number of alkyl halides is 3. The fraction of sp³-hybridized carbons (Fsp3) is 0.400.